The number of sulfonamides is 1. The zero-order chi connectivity index (χ0) is 23.7. The Hall–Kier alpha value is -1.81. The van der Waals surface area contributed by atoms with Crippen molar-refractivity contribution in [1.29, 1.82) is 0 Å². The second kappa shape index (κ2) is 10.0. The Bertz CT molecular complexity index is 1080. The normalized spacial score (nSPS) is 24.4. The molecule has 2 unspecified atom stereocenters. The van der Waals surface area contributed by atoms with Gasteiger partial charge in [-0.05, 0) is 44.2 Å². The highest BCUT2D eigenvalue weighted by atomic mass is 35.5. The number of fused-ring (bicyclic) bond motifs is 1. The van der Waals surface area contributed by atoms with Crippen LogP contribution < -0.4 is 5.32 Å². The van der Waals surface area contributed by atoms with Crippen molar-refractivity contribution in [1.82, 2.24) is 24.4 Å². The molecule has 2 aromatic rings. The predicted molar refractivity (Wildman–Crippen MR) is 129 cm³/mol. The van der Waals surface area contributed by atoms with Crippen molar-refractivity contribution in [3.8, 4) is 0 Å². The van der Waals surface area contributed by atoms with Gasteiger partial charge in [0, 0.05) is 31.5 Å². The van der Waals surface area contributed by atoms with Crippen LogP contribution in [0.1, 0.15) is 81.4 Å². The first-order valence-electron chi connectivity index (χ1n) is 12.4. The van der Waals surface area contributed by atoms with E-state index in [9.17, 15) is 13.6 Å². The number of aromatic nitrogens is 3. The SMILES string of the molecule is O=C(NC1CCCCCC1)C1CCc2nnc(C3CCN([S+](=O)([O-])c4ccccc4Cl)CC3)n21. The van der Waals surface area contributed by atoms with Crippen LogP contribution in [0.3, 0.4) is 0 Å². The molecule has 1 saturated carbocycles. The van der Waals surface area contributed by atoms with Gasteiger partial charge in [-0.1, -0.05) is 53.6 Å². The maximum atomic E-state index is 13.2. The van der Waals surface area contributed by atoms with Crippen LogP contribution in [0.25, 0.3) is 0 Å². The Morgan fingerprint density at radius 1 is 1.03 bits per heavy atom. The van der Waals surface area contributed by atoms with Crippen molar-refractivity contribution in [2.75, 3.05) is 13.1 Å². The zero-order valence-corrected chi connectivity index (χ0v) is 20.9. The fraction of sp³-hybridized carbons (Fsp3) is 0.625. The molecule has 1 saturated heterocycles. The number of rotatable bonds is 5. The average molecular weight is 506 g/mol. The maximum absolute atomic E-state index is 13.2. The summed E-state index contributed by atoms with van der Waals surface area (Å²) in [5.74, 6) is 1.83. The van der Waals surface area contributed by atoms with E-state index < -0.39 is 10.4 Å². The highest BCUT2D eigenvalue weighted by molar-refractivity contribution is 7.95. The highest BCUT2D eigenvalue weighted by Gasteiger charge is 2.40. The number of aryl methyl sites for hydroxylation is 1. The number of amides is 1. The van der Waals surface area contributed by atoms with E-state index >= 15 is 0 Å². The third-order valence-corrected chi connectivity index (χ3v) is 9.92. The van der Waals surface area contributed by atoms with E-state index in [-0.39, 0.29) is 33.8 Å². The van der Waals surface area contributed by atoms with E-state index in [1.54, 1.807) is 24.3 Å². The molecule has 1 aromatic heterocycles. The van der Waals surface area contributed by atoms with Crippen LogP contribution in [0.2, 0.25) is 5.02 Å². The second-order valence-electron chi connectivity index (χ2n) is 9.70. The standard InChI is InChI=1S/C24H32ClN5O3S/c25-19-9-5-6-10-21(19)34(32,33)29-15-13-17(14-16-29)23-28-27-22-12-11-20(30(22)23)24(31)26-18-7-3-1-2-4-8-18/h5-6,9-10,17-18,20H,1-4,7-8,11-16H2,(H-,26,31,32,33). The Morgan fingerprint density at radius 3 is 2.44 bits per heavy atom. The lowest BCUT2D eigenvalue weighted by Gasteiger charge is -2.33. The summed E-state index contributed by atoms with van der Waals surface area (Å²) in [4.78, 5) is 13.4. The van der Waals surface area contributed by atoms with Gasteiger partial charge in [-0.2, -0.15) is 0 Å². The quantitative estimate of drug-likeness (QED) is 0.488. The molecule has 1 amide bonds. The van der Waals surface area contributed by atoms with Crippen LogP contribution in [0.5, 0.6) is 0 Å². The molecule has 34 heavy (non-hydrogen) atoms. The minimum atomic E-state index is -3.65. The zero-order valence-electron chi connectivity index (χ0n) is 19.3. The number of hydrogen-bond acceptors (Lipinski definition) is 5. The molecule has 1 aromatic carbocycles. The molecule has 2 atom stereocenters. The van der Waals surface area contributed by atoms with E-state index in [1.165, 1.54) is 30.0 Å². The summed E-state index contributed by atoms with van der Waals surface area (Å²) in [7, 11) is -3.65. The second-order valence-corrected chi connectivity index (χ2v) is 12.0. The van der Waals surface area contributed by atoms with E-state index in [0.717, 1.165) is 37.3 Å². The van der Waals surface area contributed by atoms with Crippen LogP contribution >= 0.6 is 11.6 Å². The van der Waals surface area contributed by atoms with Gasteiger partial charge in [0.05, 0.1) is 5.02 Å². The number of nitrogens with one attached hydrogen (secondary N) is 1. The first kappa shape index (κ1) is 23.9. The molecular weight excluding hydrogens is 474 g/mol. The minimum Gasteiger partial charge on any atom is -0.593 e. The fourth-order valence-corrected chi connectivity index (χ4v) is 7.60. The lowest BCUT2D eigenvalue weighted by molar-refractivity contribution is -0.125. The molecule has 5 rings (SSSR count). The lowest BCUT2D eigenvalue weighted by Crippen LogP contribution is -2.42. The van der Waals surface area contributed by atoms with Crippen molar-refractivity contribution in [3.63, 3.8) is 0 Å². The number of halogens is 1. The summed E-state index contributed by atoms with van der Waals surface area (Å²) in [6.45, 7) is 0.776. The number of nitrogens with zero attached hydrogens (tertiary/aromatic N) is 4. The largest absolute Gasteiger partial charge is 0.593 e. The van der Waals surface area contributed by atoms with Gasteiger partial charge in [0.15, 0.2) is 15.3 Å². The Kier molecular flexibility index (Phi) is 7.07. The molecule has 0 bridgehead atoms. The average Bonchev–Trinajstić information content (AvgIpc) is 3.34. The molecule has 2 aliphatic heterocycles. The number of carbonyl (C=O) groups is 1. The molecule has 184 valence electrons. The van der Waals surface area contributed by atoms with Crippen molar-refractivity contribution >= 4 is 27.9 Å². The van der Waals surface area contributed by atoms with Gasteiger partial charge >= 0.3 is 0 Å². The van der Waals surface area contributed by atoms with E-state index in [2.05, 4.69) is 15.5 Å². The van der Waals surface area contributed by atoms with Gasteiger partial charge < -0.3 is 14.4 Å². The summed E-state index contributed by atoms with van der Waals surface area (Å²) >= 11 is 6.16. The van der Waals surface area contributed by atoms with Gasteiger partial charge in [-0.15, -0.1) is 14.5 Å². The Labute approximate surface area is 206 Å². The van der Waals surface area contributed by atoms with Gasteiger partial charge in [-0.25, -0.2) is 0 Å². The first-order chi connectivity index (χ1) is 16.4. The summed E-state index contributed by atoms with van der Waals surface area (Å²) < 4.78 is 29.7. The van der Waals surface area contributed by atoms with Crippen LogP contribution in [0.15, 0.2) is 29.2 Å². The molecule has 0 spiro atoms. The smallest absolute Gasteiger partial charge is 0.243 e. The van der Waals surface area contributed by atoms with Crippen LogP contribution in [-0.4, -0.2) is 48.7 Å². The van der Waals surface area contributed by atoms with Crippen molar-refractivity contribution < 1.29 is 13.6 Å². The van der Waals surface area contributed by atoms with Gasteiger partial charge in [0.1, 0.15) is 17.7 Å². The summed E-state index contributed by atoms with van der Waals surface area (Å²) in [5.41, 5.74) is 0. The van der Waals surface area contributed by atoms with E-state index in [1.807, 2.05) is 4.57 Å². The molecule has 8 nitrogen and oxygen atoms in total. The molecule has 1 N–H and O–H groups in total. The van der Waals surface area contributed by atoms with Crippen molar-refractivity contribution in [3.05, 3.63) is 40.9 Å². The lowest BCUT2D eigenvalue weighted by atomic mass is 9.97. The summed E-state index contributed by atoms with van der Waals surface area (Å²) in [6, 6.07) is 6.55. The van der Waals surface area contributed by atoms with Crippen LogP contribution in [-0.2, 0) is 25.8 Å². The van der Waals surface area contributed by atoms with Gasteiger partial charge in [-0.3, -0.25) is 4.79 Å². The Balaban J connectivity index is 1.27. The molecule has 1 aliphatic carbocycles. The van der Waals surface area contributed by atoms with Crippen molar-refractivity contribution in [2.24, 2.45) is 0 Å². The number of benzene rings is 1. The third-order valence-electron chi connectivity index (χ3n) is 7.52. The summed E-state index contributed by atoms with van der Waals surface area (Å²) in [6.07, 6.45) is 9.73. The fourth-order valence-electron chi connectivity index (χ4n) is 5.64. The van der Waals surface area contributed by atoms with Crippen LogP contribution in [0, 0.1) is 0 Å². The van der Waals surface area contributed by atoms with Crippen molar-refractivity contribution in [2.45, 2.75) is 87.1 Å². The molecule has 3 heterocycles. The predicted octanol–water partition coefficient (Wildman–Crippen LogP) is 4.04. The van der Waals surface area contributed by atoms with Crippen LogP contribution in [0.4, 0.5) is 0 Å². The Morgan fingerprint density at radius 2 is 1.74 bits per heavy atom. The molecule has 10 heteroatoms. The number of piperidine rings is 1. The number of carbonyl (C=O) groups excluding carboxylic acids is 1. The van der Waals surface area contributed by atoms with E-state index in [0.29, 0.717) is 25.9 Å². The highest BCUT2D eigenvalue weighted by Crippen LogP contribution is 2.37. The molecule has 0 radical (unpaired) electrons. The monoisotopic (exact) mass is 505 g/mol. The summed E-state index contributed by atoms with van der Waals surface area (Å²) in [5, 5.41) is 12.4. The van der Waals surface area contributed by atoms with Gasteiger partial charge in [0.25, 0.3) is 0 Å². The number of hydrogen-bond donors (Lipinski definition) is 1. The maximum Gasteiger partial charge on any atom is 0.243 e. The topological polar surface area (TPSA) is 103 Å². The minimum absolute atomic E-state index is 0.0743. The van der Waals surface area contributed by atoms with E-state index in [4.69, 9.17) is 11.6 Å². The molecule has 2 fully saturated rings. The van der Waals surface area contributed by atoms with Gasteiger partial charge in [0.2, 0.25) is 5.91 Å². The molecule has 3 aliphatic rings. The first-order valence-corrected chi connectivity index (χ1v) is 14.3. The molecular formula is C24H32ClN5O3S. The third kappa shape index (κ3) is 4.67.